The zero-order valence-corrected chi connectivity index (χ0v) is 19.4. The van der Waals surface area contributed by atoms with E-state index in [1.165, 1.54) is 18.3 Å². The minimum atomic E-state index is -0.988. The number of ether oxygens (including phenoxy) is 1. The number of rotatable bonds is 6. The third kappa shape index (κ3) is 4.19. The molecule has 1 unspecified atom stereocenters. The van der Waals surface area contributed by atoms with Crippen LogP contribution in [0.5, 0.6) is 0 Å². The summed E-state index contributed by atoms with van der Waals surface area (Å²) in [5, 5.41) is 3.33. The molecule has 0 bridgehead atoms. The third-order valence-corrected chi connectivity index (χ3v) is 7.19. The maximum atomic E-state index is 13.0. The quantitative estimate of drug-likeness (QED) is 0.525. The molecule has 2 amide bonds. The topological polar surface area (TPSA) is 92.8 Å². The predicted octanol–water partition coefficient (Wildman–Crippen LogP) is 4.05. The number of benzene rings is 1. The molecule has 1 N–H and O–H groups in total. The Hall–Kier alpha value is -3.00. The van der Waals surface area contributed by atoms with Crippen molar-refractivity contribution in [2.75, 3.05) is 16.8 Å². The molecule has 2 aliphatic rings. The number of fused-ring (bicyclic) bond motifs is 1. The number of Topliss-reactive ketones (excluding diaryl/α,β-unsaturated/α-hetero) is 1. The number of carbonyl (C=O) groups excluding carboxylic acids is 4. The summed E-state index contributed by atoms with van der Waals surface area (Å²) in [5.74, 6) is -1.03. The minimum absolute atomic E-state index is 0.0146. The molecular formula is C24H26N2O5S. The van der Waals surface area contributed by atoms with Gasteiger partial charge in [0.05, 0.1) is 5.56 Å². The Labute approximate surface area is 190 Å². The Morgan fingerprint density at radius 3 is 2.56 bits per heavy atom. The number of ketones is 1. The van der Waals surface area contributed by atoms with Crippen molar-refractivity contribution >= 4 is 45.6 Å². The van der Waals surface area contributed by atoms with Crippen LogP contribution in [0.3, 0.4) is 0 Å². The summed E-state index contributed by atoms with van der Waals surface area (Å²) in [6.07, 6.45) is 1.43. The van der Waals surface area contributed by atoms with Crippen LogP contribution in [0.4, 0.5) is 10.7 Å². The van der Waals surface area contributed by atoms with E-state index in [2.05, 4.69) is 5.32 Å². The van der Waals surface area contributed by atoms with Crippen molar-refractivity contribution in [1.29, 1.82) is 0 Å². The first-order valence-corrected chi connectivity index (χ1v) is 11.6. The van der Waals surface area contributed by atoms with E-state index in [0.717, 1.165) is 34.5 Å². The summed E-state index contributed by atoms with van der Waals surface area (Å²) in [5.41, 5.74) is 3.24. The molecule has 0 radical (unpaired) electrons. The van der Waals surface area contributed by atoms with Gasteiger partial charge in [-0.2, -0.15) is 0 Å². The van der Waals surface area contributed by atoms with E-state index in [4.69, 9.17) is 4.74 Å². The Bertz CT molecular complexity index is 1130. The van der Waals surface area contributed by atoms with Crippen LogP contribution < -0.4 is 10.2 Å². The van der Waals surface area contributed by atoms with E-state index in [9.17, 15) is 19.2 Å². The third-order valence-electron chi connectivity index (χ3n) is 6.07. The zero-order chi connectivity index (χ0) is 23.2. The monoisotopic (exact) mass is 454 g/mol. The number of hydrogen-bond donors (Lipinski definition) is 1. The van der Waals surface area contributed by atoms with Crippen LogP contribution in [0, 0.1) is 19.8 Å². The van der Waals surface area contributed by atoms with E-state index in [1.54, 1.807) is 30.0 Å². The summed E-state index contributed by atoms with van der Waals surface area (Å²) >= 11 is 1.34. The fourth-order valence-electron chi connectivity index (χ4n) is 3.91. The molecule has 1 fully saturated rings. The van der Waals surface area contributed by atoms with E-state index in [0.29, 0.717) is 29.1 Å². The van der Waals surface area contributed by atoms with Crippen molar-refractivity contribution in [3.8, 4) is 0 Å². The van der Waals surface area contributed by atoms with Gasteiger partial charge < -0.3 is 15.0 Å². The van der Waals surface area contributed by atoms with Gasteiger partial charge in [0.1, 0.15) is 5.00 Å². The van der Waals surface area contributed by atoms with Gasteiger partial charge in [-0.3, -0.25) is 14.4 Å². The fourth-order valence-corrected chi connectivity index (χ4v) is 4.96. The van der Waals surface area contributed by atoms with Crippen molar-refractivity contribution in [3.63, 3.8) is 0 Å². The summed E-state index contributed by atoms with van der Waals surface area (Å²) in [7, 11) is 0. The molecule has 8 heteroatoms. The van der Waals surface area contributed by atoms with Gasteiger partial charge in [-0.1, -0.05) is 0 Å². The highest BCUT2D eigenvalue weighted by atomic mass is 32.1. The molecule has 1 aromatic carbocycles. The maximum absolute atomic E-state index is 13.0. The normalized spacial score (nSPS) is 15.8. The first-order chi connectivity index (χ1) is 15.2. The van der Waals surface area contributed by atoms with Gasteiger partial charge in [0, 0.05) is 35.5 Å². The molecule has 0 spiro atoms. The zero-order valence-electron chi connectivity index (χ0n) is 18.6. The van der Waals surface area contributed by atoms with E-state index in [-0.39, 0.29) is 23.5 Å². The lowest BCUT2D eigenvalue weighted by Gasteiger charge is -2.16. The lowest BCUT2D eigenvalue weighted by Crippen LogP contribution is -2.26. The Morgan fingerprint density at radius 2 is 1.91 bits per heavy atom. The van der Waals surface area contributed by atoms with Crippen LogP contribution in [0.15, 0.2) is 18.2 Å². The molecule has 1 saturated carbocycles. The van der Waals surface area contributed by atoms with Crippen molar-refractivity contribution in [1.82, 2.24) is 0 Å². The number of hydrogen-bond acceptors (Lipinski definition) is 6. The number of nitrogens with one attached hydrogen (secondary N) is 1. The van der Waals surface area contributed by atoms with E-state index < -0.39 is 12.1 Å². The number of anilines is 2. The van der Waals surface area contributed by atoms with Gasteiger partial charge in [-0.05, 0) is 69.4 Å². The van der Waals surface area contributed by atoms with Crippen molar-refractivity contribution in [2.24, 2.45) is 5.92 Å². The molecule has 2 aromatic rings. The standard InChI is InChI=1S/C24H26N2O5S/c1-12-14(3)32-23(25-22(29)16-5-6-16)20(12)24(30)31-13(2)21(28)18-7-8-19-17(11-18)9-10-26(19)15(4)27/h7-8,11,13,16H,5-6,9-10H2,1-4H3,(H,25,29). The summed E-state index contributed by atoms with van der Waals surface area (Å²) in [6, 6.07) is 5.20. The SMILES string of the molecule is CC(=O)N1CCc2cc(C(=O)C(C)OC(=O)c3c(NC(=O)C4CC4)sc(C)c3C)ccc21. The Balaban J connectivity index is 1.49. The number of aryl methyl sites for hydroxylation is 1. The molecule has 1 atom stereocenters. The molecule has 32 heavy (non-hydrogen) atoms. The van der Waals surface area contributed by atoms with Crippen LogP contribution in [-0.4, -0.2) is 36.2 Å². The second kappa shape index (κ2) is 8.50. The second-order valence-corrected chi connectivity index (χ2v) is 9.65. The number of carbonyl (C=O) groups is 4. The van der Waals surface area contributed by atoms with Gasteiger partial charge in [0.2, 0.25) is 17.6 Å². The largest absolute Gasteiger partial charge is 0.451 e. The maximum Gasteiger partial charge on any atom is 0.342 e. The molecule has 1 aromatic heterocycles. The molecule has 2 heterocycles. The lowest BCUT2D eigenvalue weighted by atomic mass is 10.0. The summed E-state index contributed by atoms with van der Waals surface area (Å²) in [4.78, 5) is 52.4. The minimum Gasteiger partial charge on any atom is -0.451 e. The summed E-state index contributed by atoms with van der Waals surface area (Å²) < 4.78 is 5.53. The fraction of sp³-hybridized carbons (Fsp3) is 0.417. The highest BCUT2D eigenvalue weighted by Gasteiger charge is 2.32. The van der Waals surface area contributed by atoms with Gasteiger partial charge in [-0.25, -0.2) is 4.79 Å². The Kier molecular flexibility index (Phi) is 5.90. The first kappa shape index (κ1) is 22.2. The molecular weight excluding hydrogens is 428 g/mol. The predicted molar refractivity (Wildman–Crippen MR) is 123 cm³/mol. The average molecular weight is 455 g/mol. The van der Waals surface area contributed by atoms with Gasteiger partial charge >= 0.3 is 5.97 Å². The van der Waals surface area contributed by atoms with Crippen molar-refractivity contribution in [3.05, 3.63) is 45.3 Å². The van der Waals surface area contributed by atoms with Crippen LogP contribution in [0.2, 0.25) is 0 Å². The lowest BCUT2D eigenvalue weighted by molar-refractivity contribution is -0.117. The molecule has 7 nitrogen and oxygen atoms in total. The first-order valence-electron chi connectivity index (χ1n) is 10.7. The van der Waals surface area contributed by atoms with Crippen molar-refractivity contribution < 1.29 is 23.9 Å². The highest BCUT2D eigenvalue weighted by molar-refractivity contribution is 7.16. The molecule has 4 rings (SSSR count). The van der Waals surface area contributed by atoms with Crippen LogP contribution in [0.25, 0.3) is 0 Å². The van der Waals surface area contributed by atoms with Crippen molar-refractivity contribution in [2.45, 2.75) is 53.1 Å². The Morgan fingerprint density at radius 1 is 1.19 bits per heavy atom. The van der Waals surface area contributed by atoms with Crippen LogP contribution in [0.1, 0.15) is 63.4 Å². The van der Waals surface area contributed by atoms with Gasteiger partial charge in [0.15, 0.2) is 6.10 Å². The van der Waals surface area contributed by atoms with Crippen LogP contribution >= 0.6 is 11.3 Å². The molecule has 0 saturated heterocycles. The molecule has 1 aliphatic heterocycles. The molecule has 168 valence electrons. The molecule has 1 aliphatic carbocycles. The highest BCUT2D eigenvalue weighted by Crippen LogP contribution is 2.36. The van der Waals surface area contributed by atoms with Gasteiger partial charge in [-0.15, -0.1) is 11.3 Å². The number of nitrogens with zero attached hydrogens (tertiary/aromatic N) is 1. The number of amides is 2. The van der Waals surface area contributed by atoms with Gasteiger partial charge in [0.25, 0.3) is 0 Å². The van der Waals surface area contributed by atoms with E-state index >= 15 is 0 Å². The smallest absolute Gasteiger partial charge is 0.342 e. The van der Waals surface area contributed by atoms with Crippen LogP contribution in [-0.2, 0) is 20.7 Å². The average Bonchev–Trinajstić information content (AvgIpc) is 3.45. The van der Waals surface area contributed by atoms with E-state index in [1.807, 2.05) is 13.8 Å². The number of thiophene rings is 1. The number of esters is 1. The second-order valence-electron chi connectivity index (χ2n) is 8.43. The summed E-state index contributed by atoms with van der Waals surface area (Å²) in [6.45, 7) is 7.35.